The Morgan fingerprint density at radius 2 is 1.67 bits per heavy atom. The first-order valence-corrected chi connectivity index (χ1v) is 12.6. The van der Waals surface area contributed by atoms with Gasteiger partial charge in [-0.2, -0.15) is 5.10 Å². The fourth-order valence-electron chi connectivity index (χ4n) is 3.66. The molecule has 4 aromatic carbocycles. The molecule has 0 heterocycles. The minimum atomic E-state index is -3.94. The minimum absolute atomic E-state index is 0.0437. The Hall–Kier alpha value is -4.37. The van der Waals surface area contributed by atoms with Crippen LogP contribution in [-0.2, 0) is 10.0 Å². The molecular weight excluding hydrogens is 478 g/mol. The molecule has 4 rings (SSSR count). The minimum Gasteiger partial charge on any atom is -0.496 e. The maximum atomic E-state index is 12.9. The van der Waals surface area contributed by atoms with Gasteiger partial charge in [0.15, 0.2) is 0 Å². The van der Waals surface area contributed by atoms with Crippen LogP contribution >= 0.6 is 0 Å². The van der Waals surface area contributed by atoms with Crippen LogP contribution < -0.4 is 19.6 Å². The fraction of sp³-hybridized carbons (Fsp3) is 0.111. The SMILES string of the molecule is CCOc1ccc(S(=O)(=O)Nc2ccccc2C(=O)N/N=C\c2c(OC)ccc3ccccc23)cc1. The second-order valence-electron chi connectivity index (χ2n) is 7.66. The summed E-state index contributed by atoms with van der Waals surface area (Å²) in [5, 5.41) is 6.02. The average Bonchev–Trinajstić information content (AvgIpc) is 2.89. The zero-order chi connectivity index (χ0) is 25.5. The predicted molar refractivity (Wildman–Crippen MR) is 140 cm³/mol. The molecular formula is C27H25N3O5S. The molecule has 9 heteroatoms. The van der Waals surface area contributed by atoms with E-state index in [0.717, 1.165) is 10.8 Å². The van der Waals surface area contributed by atoms with Gasteiger partial charge in [0, 0.05) is 5.56 Å². The van der Waals surface area contributed by atoms with E-state index in [1.807, 2.05) is 43.3 Å². The van der Waals surface area contributed by atoms with Gasteiger partial charge in [-0.3, -0.25) is 9.52 Å². The van der Waals surface area contributed by atoms with E-state index in [1.165, 1.54) is 30.5 Å². The third-order valence-electron chi connectivity index (χ3n) is 5.37. The molecule has 0 saturated carbocycles. The van der Waals surface area contributed by atoms with Gasteiger partial charge in [0.1, 0.15) is 11.5 Å². The highest BCUT2D eigenvalue weighted by Crippen LogP contribution is 2.26. The van der Waals surface area contributed by atoms with E-state index < -0.39 is 15.9 Å². The van der Waals surface area contributed by atoms with Crippen molar-refractivity contribution in [1.29, 1.82) is 0 Å². The summed E-state index contributed by atoms with van der Waals surface area (Å²) in [5.74, 6) is 0.600. The zero-order valence-electron chi connectivity index (χ0n) is 19.8. The molecule has 0 saturated heterocycles. The highest BCUT2D eigenvalue weighted by atomic mass is 32.2. The Balaban J connectivity index is 1.54. The van der Waals surface area contributed by atoms with Crippen molar-refractivity contribution in [2.75, 3.05) is 18.4 Å². The first kappa shape index (κ1) is 24.7. The number of anilines is 1. The summed E-state index contributed by atoms with van der Waals surface area (Å²) in [6.45, 7) is 2.32. The Bertz CT molecular complexity index is 1520. The number of rotatable bonds is 9. The van der Waals surface area contributed by atoms with Crippen LogP contribution in [0.2, 0.25) is 0 Å². The van der Waals surface area contributed by atoms with Crippen molar-refractivity contribution in [3.8, 4) is 11.5 Å². The molecule has 184 valence electrons. The number of benzene rings is 4. The number of hydrogen-bond acceptors (Lipinski definition) is 6. The quantitative estimate of drug-likeness (QED) is 0.252. The Kier molecular flexibility index (Phi) is 7.50. The fourth-order valence-corrected chi connectivity index (χ4v) is 4.74. The number of carbonyl (C=O) groups excluding carboxylic acids is 1. The lowest BCUT2D eigenvalue weighted by Crippen LogP contribution is -2.21. The number of carbonyl (C=O) groups is 1. The smallest absolute Gasteiger partial charge is 0.273 e. The average molecular weight is 504 g/mol. The molecule has 0 aromatic heterocycles. The summed E-state index contributed by atoms with van der Waals surface area (Å²) in [6, 6.07) is 23.9. The molecule has 0 aliphatic rings. The van der Waals surface area contributed by atoms with Gasteiger partial charge in [-0.25, -0.2) is 13.8 Å². The van der Waals surface area contributed by atoms with Crippen molar-refractivity contribution in [3.63, 3.8) is 0 Å². The van der Waals surface area contributed by atoms with Crippen LogP contribution in [0.4, 0.5) is 5.69 Å². The predicted octanol–water partition coefficient (Wildman–Crippen LogP) is 4.81. The largest absolute Gasteiger partial charge is 0.496 e. The van der Waals surface area contributed by atoms with Crippen LogP contribution in [0.1, 0.15) is 22.8 Å². The molecule has 0 unspecified atom stereocenters. The molecule has 0 fully saturated rings. The standard InChI is InChI=1S/C27H25N3O5S/c1-3-35-20-13-15-21(16-14-20)36(32,33)30-25-11-7-6-10-23(25)27(31)29-28-18-24-22-9-5-4-8-19(22)12-17-26(24)34-2/h4-18,30H,3H2,1-2H3,(H,29,31)/b28-18-. The van der Waals surface area contributed by atoms with Gasteiger partial charge in [0.05, 0.1) is 36.1 Å². The highest BCUT2D eigenvalue weighted by Gasteiger charge is 2.19. The van der Waals surface area contributed by atoms with E-state index >= 15 is 0 Å². The molecule has 4 aromatic rings. The van der Waals surface area contributed by atoms with Crippen molar-refractivity contribution in [3.05, 3.63) is 96.1 Å². The van der Waals surface area contributed by atoms with Gasteiger partial charge in [-0.1, -0.05) is 42.5 Å². The van der Waals surface area contributed by atoms with Crippen LogP contribution in [0.3, 0.4) is 0 Å². The van der Waals surface area contributed by atoms with Crippen molar-refractivity contribution in [2.45, 2.75) is 11.8 Å². The van der Waals surface area contributed by atoms with Crippen LogP contribution in [0.5, 0.6) is 11.5 Å². The molecule has 2 N–H and O–H groups in total. The van der Waals surface area contributed by atoms with E-state index in [1.54, 1.807) is 31.4 Å². The topological polar surface area (TPSA) is 106 Å². The lowest BCUT2D eigenvalue weighted by Gasteiger charge is -2.12. The molecule has 0 atom stereocenters. The van der Waals surface area contributed by atoms with Crippen molar-refractivity contribution < 1.29 is 22.7 Å². The van der Waals surface area contributed by atoms with E-state index in [9.17, 15) is 13.2 Å². The van der Waals surface area contributed by atoms with Crippen molar-refractivity contribution >= 4 is 38.6 Å². The lowest BCUT2D eigenvalue weighted by molar-refractivity contribution is 0.0956. The van der Waals surface area contributed by atoms with E-state index in [2.05, 4.69) is 15.2 Å². The van der Waals surface area contributed by atoms with Crippen LogP contribution in [0, 0.1) is 0 Å². The number of methoxy groups -OCH3 is 1. The Morgan fingerprint density at radius 3 is 2.42 bits per heavy atom. The molecule has 0 aliphatic heterocycles. The van der Waals surface area contributed by atoms with Gasteiger partial charge < -0.3 is 9.47 Å². The number of para-hydroxylation sites is 1. The van der Waals surface area contributed by atoms with E-state index in [-0.39, 0.29) is 16.1 Å². The maximum absolute atomic E-state index is 12.9. The first-order valence-electron chi connectivity index (χ1n) is 11.2. The maximum Gasteiger partial charge on any atom is 0.273 e. The van der Waals surface area contributed by atoms with Crippen molar-refractivity contribution in [2.24, 2.45) is 5.10 Å². The molecule has 0 spiro atoms. The zero-order valence-corrected chi connectivity index (χ0v) is 20.6. The number of hydrogen-bond donors (Lipinski definition) is 2. The number of hydrazone groups is 1. The summed E-state index contributed by atoms with van der Waals surface area (Å²) < 4.78 is 39.1. The Labute approximate surface area is 209 Å². The van der Waals surface area contributed by atoms with Crippen LogP contribution in [0.25, 0.3) is 10.8 Å². The van der Waals surface area contributed by atoms with Crippen LogP contribution in [0.15, 0.2) is 94.9 Å². The summed E-state index contributed by atoms with van der Waals surface area (Å²) >= 11 is 0. The van der Waals surface area contributed by atoms with Gasteiger partial charge in [0.2, 0.25) is 0 Å². The van der Waals surface area contributed by atoms with Gasteiger partial charge in [0.25, 0.3) is 15.9 Å². The molecule has 8 nitrogen and oxygen atoms in total. The molecule has 0 aliphatic carbocycles. The van der Waals surface area contributed by atoms with Gasteiger partial charge >= 0.3 is 0 Å². The third-order valence-corrected chi connectivity index (χ3v) is 6.75. The summed E-state index contributed by atoms with van der Waals surface area (Å²) in [6.07, 6.45) is 1.51. The van der Waals surface area contributed by atoms with E-state index in [4.69, 9.17) is 9.47 Å². The number of sulfonamides is 1. The number of amides is 1. The van der Waals surface area contributed by atoms with Crippen LogP contribution in [-0.4, -0.2) is 34.3 Å². The summed E-state index contributed by atoms with van der Waals surface area (Å²) in [5.41, 5.74) is 3.43. The van der Waals surface area contributed by atoms with E-state index in [0.29, 0.717) is 23.7 Å². The van der Waals surface area contributed by atoms with Gasteiger partial charge in [-0.15, -0.1) is 0 Å². The first-order chi connectivity index (χ1) is 17.4. The number of nitrogens with one attached hydrogen (secondary N) is 2. The number of ether oxygens (including phenoxy) is 2. The second-order valence-corrected chi connectivity index (χ2v) is 9.34. The molecule has 36 heavy (non-hydrogen) atoms. The summed E-state index contributed by atoms with van der Waals surface area (Å²) in [7, 11) is -2.38. The van der Waals surface area contributed by atoms with Gasteiger partial charge in [-0.05, 0) is 60.2 Å². The van der Waals surface area contributed by atoms with Crippen molar-refractivity contribution in [1.82, 2.24) is 5.43 Å². The second kappa shape index (κ2) is 10.9. The highest BCUT2D eigenvalue weighted by molar-refractivity contribution is 7.92. The summed E-state index contributed by atoms with van der Waals surface area (Å²) in [4.78, 5) is 12.9. The molecule has 0 radical (unpaired) electrons. The normalized spacial score (nSPS) is 11.4. The number of fused-ring (bicyclic) bond motifs is 1. The lowest BCUT2D eigenvalue weighted by atomic mass is 10.0. The monoisotopic (exact) mass is 503 g/mol. The molecule has 1 amide bonds. The Morgan fingerprint density at radius 1 is 0.944 bits per heavy atom. The molecule has 0 bridgehead atoms. The third kappa shape index (κ3) is 5.47. The number of nitrogens with zero attached hydrogens (tertiary/aromatic N) is 1.